The Hall–Kier alpha value is -1.93. The van der Waals surface area contributed by atoms with Gasteiger partial charge in [0.2, 0.25) is 0 Å². The van der Waals surface area contributed by atoms with Gasteiger partial charge in [0.25, 0.3) is 0 Å². The maximum Gasteiger partial charge on any atom is 0.193 e. The van der Waals surface area contributed by atoms with Crippen LogP contribution in [-0.4, -0.2) is 20.0 Å². The fraction of sp³-hybridized carbons (Fsp3) is 0.231. The van der Waals surface area contributed by atoms with Crippen molar-refractivity contribution in [2.75, 3.05) is 20.0 Å². The third-order valence-electron chi connectivity index (χ3n) is 2.21. The normalized spacial score (nSPS) is 16.0. The van der Waals surface area contributed by atoms with E-state index < -0.39 is 66.1 Å². The van der Waals surface area contributed by atoms with Gasteiger partial charge in [-0.1, -0.05) is 6.58 Å². The zero-order chi connectivity index (χ0) is 17.4. The van der Waals surface area contributed by atoms with E-state index in [-0.39, 0.29) is 6.08 Å². The lowest BCUT2D eigenvalue weighted by molar-refractivity contribution is 0.413. The summed E-state index contributed by atoms with van der Waals surface area (Å²) >= 11 is 0. The van der Waals surface area contributed by atoms with Gasteiger partial charge in [0.15, 0.2) is 29.1 Å². The highest BCUT2D eigenvalue weighted by Crippen LogP contribution is 2.34. The van der Waals surface area contributed by atoms with Gasteiger partial charge in [-0.25, -0.2) is 39.5 Å². The van der Waals surface area contributed by atoms with Gasteiger partial charge >= 0.3 is 0 Å². The second-order valence-corrected chi connectivity index (χ2v) is 3.58. The standard InChI is InChI=1S/C13H9F9/c1-6(17)10(12(21)8(18)2-3-14)7(4-15)11(20)13(22)9(19)5-16/h2H,1,3-5H2/b8-2+,11-7-,12-10-,13-9-. The minimum Gasteiger partial charge on any atom is -0.246 e. The Labute approximate surface area is 119 Å². The summed E-state index contributed by atoms with van der Waals surface area (Å²) in [4.78, 5) is 0. The second kappa shape index (κ2) is 9.16. The van der Waals surface area contributed by atoms with Crippen LogP contribution in [0.3, 0.4) is 0 Å². The number of rotatable bonds is 7. The molecular weight excluding hydrogens is 327 g/mol. The van der Waals surface area contributed by atoms with Crippen molar-refractivity contribution in [3.05, 3.63) is 58.8 Å². The highest BCUT2D eigenvalue weighted by molar-refractivity contribution is 5.52. The van der Waals surface area contributed by atoms with Crippen molar-refractivity contribution < 1.29 is 39.5 Å². The molecule has 0 saturated heterocycles. The highest BCUT2D eigenvalue weighted by Gasteiger charge is 2.26. The van der Waals surface area contributed by atoms with Gasteiger partial charge in [0.05, 0.1) is 5.57 Å². The second-order valence-electron chi connectivity index (χ2n) is 3.58. The Morgan fingerprint density at radius 1 is 0.773 bits per heavy atom. The molecule has 0 rings (SSSR count). The summed E-state index contributed by atoms with van der Waals surface area (Å²) in [6.45, 7) is -3.27. The van der Waals surface area contributed by atoms with Crippen LogP contribution in [0.5, 0.6) is 0 Å². The average molecular weight is 336 g/mol. The molecule has 0 nitrogen and oxygen atoms in total. The lowest BCUT2D eigenvalue weighted by atomic mass is 10.0. The van der Waals surface area contributed by atoms with Crippen LogP contribution in [0.15, 0.2) is 58.8 Å². The summed E-state index contributed by atoms with van der Waals surface area (Å²) in [6, 6.07) is 0. The summed E-state index contributed by atoms with van der Waals surface area (Å²) in [5, 5.41) is 0. The number of hydrogen-bond acceptors (Lipinski definition) is 0. The molecule has 0 aliphatic rings. The summed E-state index contributed by atoms with van der Waals surface area (Å²) in [5.41, 5.74) is -3.59. The molecule has 124 valence electrons. The molecule has 0 spiro atoms. The van der Waals surface area contributed by atoms with Crippen LogP contribution in [0.25, 0.3) is 0 Å². The molecule has 0 aliphatic carbocycles. The zero-order valence-corrected chi connectivity index (χ0v) is 10.8. The van der Waals surface area contributed by atoms with E-state index in [1.54, 1.807) is 0 Å². The van der Waals surface area contributed by atoms with Gasteiger partial charge < -0.3 is 0 Å². The maximum absolute atomic E-state index is 13.5. The van der Waals surface area contributed by atoms with Gasteiger partial charge in [-0.3, -0.25) is 0 Å². The third-order valence-corrected chi connectivity index (χ3v) is 2.21. The van der Waals surface area contributed by atoms with E-state index in [0.29, 0.717) is 0 Å². The van der Waals surface area contributed by atoms with Crippen LogP contribution >= 0.6 is 0 Å². The largest absolute Gasteiger partial charge is 0.246 e. The van der Waals surface area contributed by atoms with Gasteiger partial charge in [-0.05, 0) is 6.08 Å². The molecule has 0 aromatic carbocycles. The highest BCUT2D eigenvalue weighted by atomic mass is 19.2. The van der Waals surface area contributed by atoms with Crippen molar-refractivity contribution in [3.8, 4) is 0 Å². The van der Waals surface area contributed by atoms with E-state index in [9.17, 15) is 39.5 Å². The van der Waals surface area contributed by atoms with E-state index in [1.807, 2.05) is 0 Å². The molecule has 0 radical (unpaired) electrons. The predicted molar refractivity (Wildman–Crippen MR) is 62.9 cm³/mol. The summed E-state index contributed by atoms with van der Waals surface area (Å²) in [7, 11) is 0. The molecule has 0 aliphatic heterocycles. The minimum absolute atomic E-state index is 0.0413. The molecule has 0 fully saturated rings. The number of halogens is 9. The Morgan fingerprint density at radius 3 is 1.68 bits per heavy atom. The van der Waals surface area contributed by atoms with Crippen molar-refractivity contribution in [2.45, 2.75) is 0 Å². The van der Waals surface area contributed by atoms with Gasteiger partial charge in [-0.15, -0.1) is 0 Å². The van der Waals surface area contributed by atoms with E-state index >= 15 is 0 Å². The van der Waals surface area contributed by atoms with Crippen molar-refractivity contribution in [1.82, 2.24) is 0 Å². The monoisotopic (exact) mass is 336 g/mol. The van der Waals surface area contributed by atoms with Crippen LogP contribution in [0, 0.1) is 0 Å². The predicted octanol–water partition coefficient (Wildman–Crippen LogP) is 5.83. The van der Waals surface area contributed by atoms with E-state index in [4.69, 9.17) is 0 Å². The van der Waals surface area contributed by atoms with Gasteiger partial charge in [0.1, 0.15) is 25.9 Å². The van der Waals surface area contributed by atoms with Crippen LogP contribution < -0.4 is 0 Å². The Balaban J connectivity index is 6.43. The van der Waals surface area contributed by atoms with Crippen LogP contribution in [0.2, 0.25) is 0 Å². The molecule has 0 N–H and O–H groups in total. The fourth-order valence-electron chi connectivity index (χ4n) is 1.24. The van der Waals surface area contributed by atoms with E-state index in [0.717, 1.165) is 0 Å². The van der Waals surface area contributed by atoms with Crippen LogP contribution in [0.4, 0.5) is 39.5 Å². The van der Waals surface area contributed by atoms with E-state index in [1.165, 1.54) is 0 Å². The SMILES string of the molecule is C=C(F)C(=C(F)\C(F)=C/CF)/C(CF)=C(F)/C(F)=C(/F)CF. The number of allylic oxidation sites excluding steroid dienone is 9. The molecule has 0 unspecified atom stereocenters. The molecule has 0 aromatic heterocycles. The summed E-state index contributed by atoms with van der Waals surface area (Å²) in [6.07, 6.45) is -0.0413. The van der Waals surface area contributed by atoms with E-state index in [2.05, 4.69) is 6.58 Å². The fourth-order valence-corrected chi connectivity index (χ4v) is 1.24. The molecule has 0 heterocycles. The zero-order valence-electron chi connectivity index (χ0n) is 10.8. The Morgan fingerprint density at radius 2 is 1.32 bits per heavy atom. The quantitative estimate of drug-likeness (QED) is 0.405. The molecule has 0 bridgehead atoms. The summed E-state index contributed by atoms with van der Waals surface area (Å²) < 4.78 is 115. The molecule has 9 heteroatoms. The average Bonchev–Trinajstić information content (AvgIpc) is 2.49. The van der Waals surface area contributed by atoms with Gasteiger partial charge in [-0.2, -0.15) is 0 Å². The smallest absolute Gasteiger partial charge is 0.193 e. The van der Waals surface area contributed by atoms with Crippen molar-refractivity contribution in [2.24, 2.45) is 0 Å². The maximum atomic E-state index is 13.5. The molecule has 0 saturated carbocycles. The van der Waals surface area contributed by atoms with Crippen LogP contribution in [-0.2, 0) is 0 Å². The van der Waals surface area contributed by atoms with Gasteiger partial charge in [0, 0.05) is 5.57 Å². The Bertz CT molecular complexity index is 552. The minimum atomic E-state index is -2.54. The van der Waals surface area contributed by atoms with Crippen molar-refractivity contribution in [3.63, 3.8) is 0 Å². The van der Waals surface area contributed by atoms with Crippen molar-refractivity contribution in [1.29, 1.82) is 0 Å². The first-order chi connectivity index (χ1) is 10.2. The van der Waals surface area contributed by atoms with Crippen molar-refractivity contribution >= 4 is 0 Å². The first-order valence-electron chi connectivity index (χ1n) is 5.44. The topological polar surface area (TPSA) is 0 Å². The third kappa shape index (κ3) is 4.81. The first-order valence-corrected chi connectivity index (χ1v) is 5.44. The number of hydrogen-bond donors (Lipinski definition) is 0. The number of alkyl halides is 3. The Kier molecular flexibility index (Phi) is 8.36. The molecule has 0 amide bonds. The molecular formula is C13H9F9. The van der Waals surface area contributed by atoms with Crippen LogP contribution in [0.1, 0.15) is 0 Å². The molecule has 22 heavy (non-hydrogen) atoms. The lowest BCUT2D eigenvalue weighted by Crippen LogP contribution is -2.02. The molecule has 0 atom stereocenters. The summed E-state index contributed by atoms with van der Waals surface area (Å²) in [5.74, 6) is -13.6. The lowest BCUT2D eigenvalue weighted by Gasteiger charge is -2.10. The first kappa shape index (κ1) is 20.1. The molecule has 0 aromatic rings.